The zero-order valence-electron chi connectivity index (χ0n) is 14.5. The lowest BCUT2D eigenvalue weighted by atomic mass is 10.1. The van der Waals surface area contributed by atoms with Crippen molar-refractivity contribution in [1.82, 2.24) is 9.97 Å². The van der Waals surface area contributed by atoms with Gasteiger partial charge in [0.1, 0.15) is 12.1 Å². The zero-order valence-corrected chi connectivity index (χ0v) is 16.1. The molecule has 0 amide bonds. The Hall–Kier alpha value is -3.74. The van der Waals surface area contributed by atoms with E-state index in [0.717, 1.165) is 21.5 Å². The third-order valence-electron chi connectivity index (χ3n) is 4.21. The normalized spacial score (nSPS) is 10.2. The van der Waals surface area contributed by atoms with Crippen LogP contribution in [0.4, 0.5) is 17.1 Å². The molecule has 0 unspecified atom stereocenters. The van der Waals surface area contributed by atoms with E-state index in [2.05, 4.69) is 30.8 Å². The van der Waals surface area contributed by atoms with Crippen molar-refractivity contribution in [1.29, 1.82) is 10.5 Å². The van der Waals surface area contributed by atoms with E-state index in [4.69, 9.17) is 0 Å². The van der Waals surface area contributed by atoms with Gasteiger partial charge in [0.2, 0.25) is 0 Å². The Morgan fingerprint density at radius 2 is 1.18 bits per heavy atom. The minimum absolute atomic E-state index is 0.0224. The summed E-state index contributed by atoms with van der Waals surface area (Å²) in [6.07, 6.45) is 0. The Bertz CT molecular complexity index is 1200. The molecule has 132 valence electrons. The minimum Gasteiger partial charge on any atom is -0.309 e. The predicted octanol–water partition coefficient (Wildman–Crippen LogP) is 5.61. The van der Waals surface area contributed by atoms with Gasteiger partial charge in [-0.05, 0) is 52.3 Å². The van der Waals surface area contributed by atoms with Gasteiger partial charge in [-0.15, -0.1) is 0 Å². The van der Waals surface area contributed by atoms with Crippen molar-refractivity contribution in [2.24, 2.45) is 0 Å². The van der Waals surface area contributed by atoms with Gasteiger partial charge in [-0.3, -0.25) is 0 Å². The summed E-state index contributed by atoms with van der Waals surface area (Å²) < 4.78 is 0.801. The fraction of sp³-hybridized carbons (Fsp3) is 0. The van der Waals surface area contributed by atoms with E-state index in [1.807, 2.05) is 84.9 Å². The zero-order chi connectivity index (χ0) is 19.5. The Morgan fingerprint density at radius 1 is 0.714 bits per heavy atom. The highest BCUT2D eigenvalue weighted by molar-refractivity contribution is 9.10. The number of aromatic nitrogens is 2. The van der Waals surface area contributed by atoms with E-state index in [9.17, 15) is 10.5 Å². The molecule has 0 N–H and O–H groups in total. The fourth-order valence-corrected chi connectivity index (χ4v) is 3.48. The second-order valence-corrected chi connectivity index (χ2v) is 6.80. The summed E-state index contributed by atoms with van der Waals surface area (Å²) in [7, 11) is 0. The summed E-state index contributed by atoms with van der Waals surface area (Å²) >= 11 is 3.64. The highest BCUT2D eigenvalue weighted by Gasteiger charge is 2.17. The van der Waals surface area contributed by atoms with Gasteiger partial charge in [0.25, 0.3) is 0 Å². The van der Waals surface area contributed by atoms with Gasteiger partial charge in [0.05, 0.1) is 16.7 Å². The predicted molar refractivity (Wildman–Crippen MR) is 111 cm³/mol. The Labute approximate surface area is 170 Å². The van der Waals surface area contributed by atoms with Crippen LogP contribution in [0.3, 0.4) is 0 Å². The van der Waals surface area contributed by atoms with Crippen molar-refractivity contribution in [3.63, 3.8) is 0 Å². The number of anilines is 3. The minimum atomic E-state index is 0.0224. The first-order valence-corrected chi connectivity index (χ1v) is 9.22. The molecule has 0 bridgehead atoms. The number of nitriles is 2. The summed E-state index contributed by atoms with van der Waals surface area (Å²) in [5.74, 6) is 0. The van der Waals surface area contributed by atoms with Gasteiger partial charge in [-0.2, -0.15) is 10.5 Å². The van der Waals surface area contributed by atoms with Gasteiger partial charge >= 0.3 is 0 Å². The number of para-hydroxylation sites is 2. The molecule has 0 saturated carbocycles. The highest BCUT2D eigenvalue weighted by atomic mass is 79.9. The van der Waals surface area contributed by atoms with Gasteiger partial charge in [0, 0.05) is 15.8 Å². The third kappa shape index (κ3) is 3.18. The standard InChI is InChI=1S/C22H12BrN5/c23-17-11-18-19(27-21(14-25)20(13-24)26-18)12-22(17)28(15-7-3-1-4-8-15)16-9-5-2-6-10-16/h1-12H. The van der Waals surface area contributed by atoms with Crippen molar-refractivity contribution in [2.45, 2.75) is 0 Å². The summed E-state index contributed by atoms with van der Waals surface area (Å²) in [6, 6.07) is 27.5. The molecule has 1 heterocycles. The van der Waals surface area contributed by atoms with Crippen molar-refractivity contribution >= 4 is 44.0 Å². The molecule has 0 saturated heterocycles. The fourth-order valence-electron chi connectivity index (χ4n) is 2.97. The number of hydrogen-bond acceptors (Lipinski definition) is 5. The Morgan fingerprint density at radius 3 is 1.64 bits per heavy atom. The third-order valence-corrected chi connectivity index (χ3v) is 4.85. The largest absolute Gasteiger partial charge is 0.309 e. The quantitative estimate of drug-likeness (QED) is 0.426. The molecule has 3 aromatic carbocycles. The van der Waals surface area contributed by atoms with E-state index < -0.39 is 0 Å². The number of nitrogens with zero attached hydrogens (tertiary/aromatic N) is 5. The van der Waals surface area contributed by atoms with Crippen LogP contribution >= 0.6 is 15.9 Å². The second-order valence-electron chi connectivity index (χ2n) is 5.94. The van der Waals surface area contributed by atoms with Crippen LogP contribution in [0, 0.1) is 22.7 Å². The van der Waals surface area contributed by atoms with Gasteiger partial charge in [-0.25, -0.2) is 9.97 Å². The molecule has 0 atom stereocenters. The first kappa shape index (κ1) is 17.7. The Balaban J connectivity index is 1.98. The highest BCUT2D eigenvalue weighted by Crippen LogP contribution is 2.40. The second kappa shape index (κ2) is 7.48. The smallest absolute Gasteiger partial charge is 0.177 e. The molecule has 0 radical (unpaired) electrons. The first-order chi connectivity index (χ1) is 13.7. The number of benzene rings is 3. The molecule has 4 aromatic rings. The molecule has 0 aliphatic heterocycles. The average Bonchev–Trinajstić information content (AvgIpc) is 2.75. The monoisotopic (exact) mass is 425 g/mol. The molecule has 0 fully saturated rings. The van der Waals surface area contributed by atoms with Crippen molar-refractivity contribution in [2.75, 3.05) is 4.90 Å². The average molecular weight is 426 g/mol. The lowest BCUT2D eigenvalue weighted by molar-refractivity contribution is 1.19. The molecule has 0 aliphatic rings. The van der Waals surface area contributed by atoms with Gasteiger partial charge in [0.15, 0.2) is 11.4 Å². The lowest BCUT2D eigenvalue weighted by Gasteiger charge is -2.26. The first-order valence-electron chi connectivity index (χ1n) is 8.43. The molecule has 0 spiro atoms. The molecule has 28 heavy (non-hydrogen) atoms. The molecule has 1 aromatic heterocycles. The molecule has 0 aliphatic carbocycles. The number of halogens is 1. The maximum atomic E-state index is 9.27. The summed E-state index contributed by atoms with van der Waals surface area (Å²) in [5.41, 5.74) is 3.96. The van der Waals surface area contributed by atoms with Gasteiger partial charge in [-0.1, -0.05) is 36.4 Å². The van der Waals surface area contributed by atoms with Crippen molar-refractivity contribution < 1.29 is 0 Å². The maximum absolute atomic E-state index is 9.27. The Kier molecular flexibility index (Phi) is 4.72. The SMILES string of the molecule is N#Cc1nc2cc(Br)c(N(c3ccccc3)c3ccccc3)cc2nc1C#N. The molecule has 5 nitrogen and oxygen atoms in total. The van der Waals surface area contributed by atoms with E-state index in [-0.39, 0.29) is 11.4 Å². The van der Waals surface area contributed by atoms with Crippen LogP contribution in [-0.4, -0.2) is 9.97 Å². The number of fused-ring (bicyclic) bond motifs is 1. The summed E-state index contributed by atoms with van der Waals surface area (Å²) in [4.78, 5) is 10.7. The maximum Gasteiger partial charge on any atom is 0.177 e. The molecular formula is C22H12BrN5. The number of rotatable bonds is 3. The van der Waals surface area contributed by atoms with Crippen molar-refractivity contribution in [3.05, 3.63) is 88.7 Å². The van der Waals surface area contributed by atoms with E-state index in [1.54, 1.807) is 0 Å². The number of hydrogen-bond donors (Lipinski definition) is 0. The topological polar surface area (TPSA) is 76.6 Å². The van der Waals surface area contributed by atoms with Crippen LogP contribution < -0.4 is 4.90 Å². The molecule has 6 heteroatoms. The van der Waals surface area contributed by atoms with Crippen molar-refractivity contribution in [3.8, 4) is 12.1 Å². The van der Waals surface area contributed by atoms with E-state index in [0.29, 0.717) is 11.0 Å². The van der Waals surface area contributed by atoms with Gasteiger partial charge < -0.3 is 4.90 Å². The van der Waals surface area contributed by atoms with E-state index in [1.165, 1.54) is 0 Å². The van der Waals surface area contributed by atoms with Crippen LogP contribution in [0.25, 0.3) is 11.0 Å². The molecular weight excluding hydrogens is 414 g/mol. The van der Waals surface area contributed by atoms with Crippen LogP contribution in [0.2, 0.25) is 0 Å². The van der Waals surface area contributed by atoms with E-state index >= 15 is 0 Å². The summed E-state index contributed by atoms with van der Waals surface area (Å²) in [5, 5.41) is 18.5. The summed E-state index contributed by atoms with van der Waals surface area (Å²) in [6.45, 7) is 0. The van der Waals surface area contributed by atoms with Crippen LogP contribution in [-0.2, 0) is 0 Å². The van der Waals surface area contributed by atoms with Crippen LogP contribution in [0.5, 0.6) is 0 Å². The lowest BCUT2D eigenvalue weighted by Crippen LogP contribution is -2.10. The molecule has 4 rings (SSSR count). The van der Waals surface area contributed by atoms with Crippen LogP contribution in [0.15, 0.2) is 77.3 Å². The van der Waals surface area contributed by atoms with Crippen LogP contribution in [0.1, 0.15) is 11.4 Å².